The molecule has 0 saturated heterocycles. The van der Waals surface area contributed by atoms with Gasteiger partial charge < -0.3 is 20.5 Å². The summed E-state index contributed by atoms with van der Waals surface area (Å²) < 4.78 is 15.2. The van der Waals surface area contributed by atoms with Crippen LogP contribution >= 0.6 is 24.0 Å². The maximum atomic E-state index is 13.1. The Morgan fingerprint density at radius 2 is 1.89 bits per heavy atom. The third kappa shape index (κ3) is 9.41. The molecule has 0 atom stereocenters. The number of aromatic nitrogens is 1. The van der Waals surface area contributed by atoms with Crippen LogP contribution in [0.15, 0.2) is 53.8 Å². The number of carbonyl (C=O) groups is 1. The minimum absolute atomic E-state index is 0. The zero-order chi connectivity index (χ0) is 18.6. The number of hydrogen-bond donors (Lipinski definition) is 3. The number of nitrogens with zero attached hydrogens (tertiary/aromatic N) is 2. The zero-order valence-electron chi connectivity index (χ0n) is 15.5. The van der Waals surface area contributed by atoms with Gasteiger partial charge in [0.2, 0.25) is 5.91 Å². The average molecular weight is 487 g/mol. The molecule has 0 fully saturated rings. The van der Waals surface area contributed by atoms with Crippen molar-refractivity contribution >= 4 is 35.8 Å². The van der Waals surface area contributed by atoms with Crippen molar-refractivity contribution in [3.63, 3.8) is 0 Å². The number of benzene rings is 1. The Morgan fingerprint density at radius 1 is 1.11 bits per heavy atom. The summed E-state index contributed by atoms with van der Waals surface area (Å²) >= 11 is 0. The van der Waals surface area contributed by atoms with E-state index in [9.17, 15) is 9.18 Å². The molecule has 0 aliphatic carbocycles. The molecule has 0 radical (unpaired) electrons. The highest BCUT2D eigenvalue weighted by molar-refractivity contribution is 14.0. The molecule has 1 aromatic heterocycles. The first-order chi connectivity index (χ1) is 12.7. The summed E-state index contributed by atoms with van der Waals surface area (Å²) in [5.74, 6) is 0.247. The summed E-state index contributed by atoms with van der Waals surface area (Å²) in [6.07, 6.45) is 4.19. The number of carbonyl (C=O) groups excluding carboxylic acids is 1. The normalized spacial score (nSPS) is 10.8. The molecule has 0 aliphatic heterocycles. The van der Waals surface area contributed by atoms with Gasteiger partial charge in [0, 0.05) is 38.6 Å². The van der Waals surface area contributed by atoms with E-state index in [4.69, 9.17) is 0 Å². The van der Waals surface area contributed by atoms with Crippen LogP contribution in [0.2, 0.25) is 0 Å². The smallest absolute Gasteiger partial charge is 0.224 e. The number of nitrogens with one attached hydrogen (secondary N) is 3. The first kappa shape index (κ1) is 22.9. The van der Waals surface area contributed by atoms with Crippen LogP contribution in [0.3, 0.4) is 0 Å². The van der Waals surface area contributed by atoms with Gasteiger partial charge in [0.25, 0.3) is 0 Å². The van der Waals surface area contributed by atoms with Crippen LogP contribution in [-0.4, -0.2) is 42.6 Å². The lowest BCUT2D eigenvalue weighted by molar-refractivity contribution is -0.120. The molecule has 148 valence electrons. The second-order valence-corrected chi connectivity index (χ2v) is 5.76. The summed E-state index contributed by atoms with van der Waals surface area (Å²) in [6.45, 7) is 5.27. The monoisotopic (exact) mass is 487 g/mol. The topological polar surface area (TPSA) is 70.4 Å². The molecular weight excluding hydrogens is 460 g/mol. The van der Waals surface area contributed by atoms with Gasteiger partial charge in [0.15, 0.2) is 5.96 Å². The van der Waals surface area contributed by atoms with E-state index in [0.717, 1.165) is 25.6 Å². The second-order valence-electron chi connectivity index (χ2n) is 5.76. The van der Waals surface area contributed by atoms with Crippen LogP contribution in [-0.2, 0) is 17.8 Å². The fourth-order valence-electron chi connectivity index (χ4n) is 2.42. The van der Waals surface area contributed by atoms with Gasteiger partial charge >= 0.3 is 0 Å². The minimum Gasteiger partial charge on any atom is -0.357 e. The Hall–Kier alpha value is -2.10. The van der Waals surface area contributed by atoms with Gasteiger partial charge in [-0.25, -0.2) is 4.39 Å². The number of guanidine groups is 1. The van der Waals surface area contributed by atoms with Gasteiger partial charge in [-0.15, -0.1) is 24.0 Å². The van der Waals surface area contributed by atoms with E-state index in [1.807, 2.05) is 31.5 Å². The molecule has 0 aliphatic rings. The van der Waals surface area contributed by atoms with Crippen molar-refractivity contribution in [3.05, 3.63) is 60.2 Å². The maximum Gasteiger partial charge on any atom is 0.224 e. The number of aliphatic imine (C=N–C) groups is 1. The molecule has 1 aromatic carbocycles. The molecule has 0 unspecified atom stereocenters. The summed E-state index contributed by atoms with van der Waals surface area (Å²) in [4.78, 5) is 16.3. The van der Waals surface area contributed by atoms with Gasteiger partial charge in [-0.2, -0.15) is 0 Å². The third-order valence-corrected chi connectivity index (χ3v) is 3.63. The zero-order valence-corrected chi connectivity index (χ0v) is 17.8. The second kappa shape index (κ2) is 13.1. The van der Waals surface area contributed by atoms with Gasteiger partial charge in [0.1, 0.15) is 5.82 Å². The Labute approximate surface area is 176 Å². The fraction of sp³-hybridized carbons (Fsp3) is 0.368. The molecule has 0 saturated carbocycles. The summed E-state index contributed by atoms with van der Waals surface area (Å²) in [5, 5.41) is 9.23. The van der Waals surface area contributed by atoms with Crippen LogP contribution in [0.4, 0.5) is 4.39 Å². The predicted octanol–water partition coefficient (Wildman–Crippen LogP) is 2.16. The molecule has 27 heavy (non-hydrogen) atoms. The van der Waals surface area contributed by atoms with Gasteiger partial charge in [-0.1, -0.05) is 12.1 Å². The van der Waals surface area contributed by atoms with Crippen LogP contribution in [0, 0.1) is 5.82 Å². The molecule has 1 amide bonds. The predicted molar refractivity (Wildman–Crippen MR) is 117 cm³/mol. The molecule has 1 heterocycles. The third-order valence-electron chi connectivity index (χ3n) is 3.63. The molecule has 0 spiro atoms. The van der Waals surface area contributed by atoms with Gasteiger partial charge in [-0.05, 0) is 36.8 Å². The first-order valence-corrected chi connectivity index (χ1v) is 8.81. The van der Waals surface area contributed by atoms with Gasteiger partial charge in [-0.3, -0.25) is 9.79 Å². The lowest BCUT2D eigenvalue weighted by atomic mass is 10.1. The van der Waals surface area contributed by atoms with Crippen molar-refractivity contribution in [1.29, 1.82) is 0 Å². The minimum atomic E-state index is -0.332. The standard InChI is InChI=1S/C19H26FN5O.HI/c1-2-21-19(24-10-13-25-11-3-4-12-25)23-9-8-22-18(26)15-16-6-5-7-17(20)14-16;/h3-7,11-12,14H,2,8-10,13,15H2,1H3,(H,22,26)(H2,21,23,24);1H. The maximum absolute atomic E-state index is 13.1. The van der Waals surface area contributed by atoms with Crippen molar-refractivity contribution < 1.29 is 9.18 Å². The van der Waals surface area contributed by atoms with Crippen LogP contribution in [0.25, 0.3) is 0 Å². The van der Waals surface area contributed by atoms with E-state index in [1.54, 1.807) is 12.1 Å². The fourth-order valence-corrected chi connectivity index (χ4v) is 2.42. The molecule has 2 aromatic rings. The average Bonchev–Trinajstić information content (AvgIpc) is 3.12. The first-order valence-electron chi connectivity index (χ1n) is 8.81. The van der Waals surface area contributed by atoms with E-state index in [-0.39, 0.29) is 42.1 Å². The summed E-state index contributed by atoms with van der Waals surface area (Å²) in [5.41, 5.74) is 0.658. The van der Waals surface area contributed by atoms with Crippen molar-refractivity contribution in [2.45, 2.75) is 19.9 Å². The van der Waals surface area contributed by atoms with E-state index in [2.05, 4.69) is 25.5 Å². The molecule has 6 nitrogen and oxygen atoms in total. The highest BCUT2D eigenvalue weighted by atomic mass is 127. The lowest BCUT2D eigenvalue weighted by Crippen LogP contribution is -2.39. The molecule has 3 N–H and O–H groups in total. The Bertz CT molecular complexity index is 706. The van der Waals surface area contributed by atoms with Gasteiger partial charge in [0.05, 0.1) is 13.0 Å². The SMILES string of the molecule is CCNC(=NCCNC(=O)Cc1cccc(F)c1)NCCn1cccc1.I. The molecule has 8 heteroatoms. The van der Waals surface area contributed by atoms with Crippen LogP contribution < -0.4 is 16.0 Å². The summed E-state index contributed by atoms with van der Waals surface area (Å²) in [7, 11) is 0. The van der Waals surface area contributed by atoms with E-state index < -0.39 is 0 Å². The summed E-state index contributed by atoms with van der Waals surface area (Å²) in [6, 6.07) is 10.1. The Kier molecular flexibility index (Phi) is 11.2. The Balaban J connectivity index is 0.00000364. The number of amides is 1. The number of hydrogen-bond acceptors (Lipinski definition) is 2. The molecule has 0 bridgehead atoms. The van der Waals surface area contributed by atoms with Crippen molar-refractivity contribution in [3.8, 4) is 0 Å². The highest BCUT2D eigenvalue weighted by Gasteiger charge is 2.03. The van der Waals surface area contributed by atoms with E-state index in [0.29, 0.717) is 18.7 Å². The van der Waals surface area contributed by atoms with Crippen LogP contribution in [0.5, 0.6) is 0 Å². The largest absolute Gasteiger partial charge is 0.357 e. The molecular formula is C19H27FIN5O. The van der Waals surface area contributed by atoms with Crippen molar-refractivity contribution in [2.24, 2.45) is 4.99 Å². The quantitative estimate of drug-likeness (QED) is 0.220. The van der Waals surface area contributed by atoms with E-state index >= 15 is 0 Å². The Morgan fingerprint density at radius 3 is 2.59 bits per heavy atom. The highest BCUT2D eigenvalue weighted by Crippen LogP contribution is 2.03. The molecule has 2 rings (SSSR count). The van der Waals surface area contributed by atoms with Crippen LogP contribution in [0.1, 0.15) is 12.5 Å². The lowest BCUT2D eigenvalue weighted by Gasteiger charge is -2.12. The number of rotatable bonds is 9. The van der Waals surface area contributed by atoms with Crippen molar-refractivity contribution in [1.82, 2.24) is 20.5 Å². The van der Waals surface area contributed by atoms with Crippen molar-refractivity contribution in [2.75, 3.05) is 26.2 Å². The van der Waals surface area contributed by atoms with E-state index in [1.165, 1.54) is 12.1 Å². The number of halogens is 2.